The summed E-state index contributed by atoms with van der Waals surface area (Å²) in [4.78, 5) is 22.2. The van der Waals surface area contributed by atoms with Crippen LogP contribution in [-0.4, -0.2) is 21.6 Å². The summed E-state index contributed by atoms with van der Waals surface area (Å²) in [5, 5.41) is 2.46. The molecule has 0 saturated carbocycles. The number of rotatable bonds is 2. The standard InChI is InChI=1S/C8H14Br2N2O2/c1-7(2,3)8(10,4-9)5(13)12-6(11)14/h4H2,1-3H3,(H3,11,12,13,14). The van der Waals surface area contributed by atoms with Crippen molar-refractivity contribution >= 4 is 43.8 Å². The first-order chi connectivity index (χ1) is 6.15. The van der Waals surface area contributed by atoms with Crippen molar-refractivity contribution < 1.29 is 9.59 Å². The third-order valence-corrected chi connectivity index (χ3v) is 5.39. The number of urea groups is 1. The molecule has 14 heavy (non-hydrogen) atoms. The highest BCUT2D eigenvalue weighted by molar-refractivity contribution is 9.12. The van der Waals surface area contributed by atoms with Gasteiger partial charge in [0, 0.05) is 5.33 Å². The Morgan fingerprint density at radius 1 is 1.36 bits per heavy atom. The van der Waals surface area contributed by atoms with Crippen molar-refractivity contribution in [2.24, 2.45) is 11.1 Å². The predicted octanol–water partition coefficient (Wildman–Crippen LogP) is 1.76. The second kappa shape index (κ2) is 4.61. The molecule has 0 aliphatic rings. The van der Waals surface area contributed by atoms with Gasteiger partial charge in [0.25, 0.3) is 0 Å². The molecule has 6 heteroatoms. The molecule has 0 spiro atoms. The Morgan fingerprint density at radius 3 is 2.00 bits per heavy atom. The fraction of sp³-hybridized carbons (Fsp3) is 0.750. The SMILES string of the molecule is CC(C)(C)C(Br)(CBr)C(=O)NC(N)=O. The number of hydrogen-bond acceptors (Lipinski definition) is 2. The number of alkyl halides is 2. The maximum Gasteiger partial charge on any atom is 0.318 e. The van der Waals surface area contributed by atoms with Crippen molar-refractivity contribution in [3.63, 3.8) is 0 Å². The zero-order valence-corrected chi connectivity index (χ0v) is 11.5. The fourth-order valence-corrected chi connectivity index (χ4v) is 2.01. The molecule has 1 unspecified atom stereocenters. The number of nitrogens with two attached hydrogens (primary N) is 1. The maximum atomic E-state index is 11.7. The molecule has 3 N–H and O–H groups in total. The number of nitrogens with one attached hydrogen (secondary N) is 1. The third-order valence-electron chi connectivity index (χ3n) is 1.97. The summed E-state index contributed by atoms with van der Waals surface area (Å²) in [5.74, 6) is -0.436. The largest absolute Gasteiger partial charge is 0.351 e. The number of halogens is 2. The Kier molecular flexibility index (Phi) is 4.58. The minimum absolute atomic E-state index is 0.337. The van der Waals surface area contributed by atoms with E-state index in [0.29, 0.717) is 5.33 Å². The molecule has 0 aromatic carbocycles. The summed E-state index contributed by atoms with van der Waals surface area (Å²) in [6, 6.07) is -0.843. The van der Waals surface area contributed by atoms with Crippen molar-refractivity contribution in [1.29, 1.82) is 0 Å². The average molecular weight is 330 g/mol. The van der Waals surface area contributed by atoms with Crippen LogP contribution in [-0.2, 0) is 4.79 Å². The molecule has 0 bridgehead atoms. The van der Waals surface area contributed by atoms with Crippen LogP contribution in [0, 0.1) is 5.41 Å². The Bertz CT molecular complexity index is 250. The van der Waals surface area contributed by atoms with Gasteiger partial charge in [0.15, 0.2) is 0 Å². The first-order valence-corrected chi connectivity index (χ1v) is 5.92. The second-order valence-electron chi connectivity index (χ2n) is 4.00. The smallest absolute Gasteiger partial charge is 0.318 e. The molecule has 0 aliphatic carbocycles. The van der Waals surface area contributed by atoms with Gasteiger partial charge in [-0.3, -0.25) is 10.1 Å². The first-order valence-electron chi connectivity index (χ1n) is 4.01. The molecule has 0 rings (SSSR count). The van der Waals surface area contributed by atoms with Crippen LogP contribution in [0.15, 0.2) is 0 Å². The Morgan fingerprint density at radius 2 is 1.79 bits per heavy atom. The zero-order valence-electron chi connectivity index (χ0n) is 8.36. The van der Waals surface area contributed by atoms with Crippen LogP contribution in [0.2, 0.25) is 0 Å². The highest BCUT2D eigenvalue weighted by Gasteiger charge is 2.45. The molecule has 0 aliphatic heterocycles. The predicted molar refractivity (Wildman–Crippen MR) is 62.6 cm³/mol. The van der Waals surface area contributed by atoms with Crippen LogP contribution in [0.5, 0.6) is 0 Å². The molecule has 3 amide bonds. The average Bonchev–Trinajstić information content (AvgIpc) is 1.99. The molecule has 0 aromatic rings. The van der Waals surface area contributed by atoms with Crippen molar-refractivity contribution in [2.75, 3.05) is 5.33 Å². The summed E-state index contributed by atoms with van der Waals surface area (Å²) in [6.07, 6.45) is 0. The molecule has 0 saturated heterocycles. The zero-order chi connectivity index (χ0) is 11.6. The van der Waals surface area contributed by atoms with Crippen LogP contribution in [0.3, 0.4) is 0 Å². The van der Waals surface area contributed by atoms with Crippen molar-refractivity contribution in [2.45, 2.75) is 25.1 Å². The van der Waals surface area contributed by atoms with Gasteiger partial charge in [-0.25, -0.2) is 4.79 Å². The van der Waals surface area contributed by atoms with Crippen LogP contribution in [0.25, 0.3) is 0 Å². The third kappa shape index (κ3) is 2.95. The van der Waals surface area contributed by atoms with E-state index < -0.39 is 16.3 Å². The highest BCUT2D eigenvalue weighted by atomic mass is 79.9. The van der Waals surface area contributed by atoms with Crippen LogP contribution < -0.4 is 11.1 Å². The van der Waals surface area contributed by atoms with E-state index in [2.05, 4.69) is 37.2 Å². The van der Waals surface area contributed by atoms with E-state index in [1.54, 1.807) is 0 Å². The van der Waals surface area contributed by atoms with E-state index in [1.807, 2.05) is 20.8 Å². The van der Waals surface area contributed by atoms with E-state index in [1.165, 1.54) is 0 Å². The van der Waals surface area contributed by atoms with Gasteiger partial charge in [-0.2, -0.15) is 0 Å². The normalized spacial score (nSPS) is 15.8. The maximum absolute atomic E-state index is 11.7. The highest BCUT2D eigenvalue weighted by Crippen LogP contribution is 2.39. The summed E-state index contributed by atoms with van der Waals surface area (Å²) >= 11 is 6.57. The lowest BCUT2D eigenvalue weighted by Gasteiger charge is -2.36. The number of primary amides is 1. The van der Waals surface area contributed by atoms with Gasteiger partial charge in [0.2, 0.25) is 5.91 Å². The van der Waals surface area contributed by atoms with Crippen LogP contribution >= 0.6 is 31.9 Å². The van der Waals surface area contributed by atoms with Crippen molar-refractivity contribution in [3.05, 3.63) is 0 Å². The number of carbonyl (C=O) groups is 2. The summed E-state index contributed by atoms with van der Waals surface area (Å²) in [5.41, 5.74) is 4.54. The van der Waals surface area contributed by atoms with Crippen molar-refractivity contribution in [3.8, 4) is 0 Å². The van der Waals surface area contributed by atoms with Gasteiger partial charge in [-0.05, 0) is 5.41 Å². The van der Waals surface area contributed by atoms with E-state index in [0.717, 1.165) is 0 Å². The summed E-state index contributed by atoms with van der Waals surface area (Å²) < 4.78 is -0.852. The minimum atomic E-state index is -0.852. The minimum Gasteiger partial charge on any atom is -0.351 e. The van der Waals surface area contributed by atoms with E-state index in [-0.39, 0.29) is 5.41 Å². The van der Waals surface area contributed by atoms with Gasteiger partial charge in [-0.15, -0.1) is 0 Å². The Hall–Kier alpha value is -0.100. The molecule has 82 valence electrons. The van der Waals surface area contributed by atoms with Gasteiger partial charge >= 0.3 is 6.03 Å². The molecular formula is C8H14Br2N2O2. The van der Waals surface area contributed by atoms with Crippen LogP contribution in [0.4, 0.5) is 4.79 Å². The number of hydrogen-bond donors (Lipinski definition) is 2. The van der Waals surface area contributed by atoms with Crippen LogP contribution in [0.1, 0.15) is 20.8 Å². The van der Waals surface area contributed by atoms with Gasteiger partial charge < -0.3 is 5.73 Å². The van der Waals surface area contributed by atoms with E-state index in [9.17, 15) is 9.59 Å². The molecule has 1 atom stereocenters. The Labute approximate surface area is 100 Å². The molecular weight excluding hydrogens is 316 g/mol. The molecule has 0 fully saturated rings. The topological polar surface area (TPSA) is 72.2 Å². The number of imide groups is 1. The van der Waals surface area contributed by atoms with Gasteiger partial charge in [0.05, 0.1) is 0 Å². The molecule has 4 nitrogen and oxygen atoms in total. The summed E-state index contributed by atoms with van der Waals surface area (Å²) in [6.45, 7) is 5.68. The van der Waals surface area contributed by atoms with Gasteiger partial charge in [0.1, 0.15) is 4.32 Å². The van der Waals surface area contributed by atoms with Gasteiger partial charge in [-0.1, -0.05) is 52.6 Å². The molecule has 0 heterocycles. The molecule has 0 radical (unpaired) electrons. The summed E-state index contributed by atoms with van der Waals surface area (Å²) in [7, 11) is 0. The first kappa shape index (κ1) is 13.9. The fourth-order valence-electron chi connectivity index (χ4n) is 0.813. The molecule has 0 aromatic heterocycles. The quantitative estimate of drug-likeness (QED) is 0.758. The van der Waals surface area contributed by atoms with E-state index >= 15 is 0 Å². The van der Waals surface area contributed by atoms with Crippen molar-refractivity contribution in [1.82, 2.24) is 5.32 Å². The lowest BCUT2D eigenvalue weighted by atomic mass is 9.81. The lowest BCUT2D eigenvalue weighted by molar-refractivity contribution is -0.123. The number of amides is 3. The monoisotopic (exact) mass is 328 g/mol. The van der Waals surface area contributed by atoms with E-state index in [4.69, 9.17) is 5.73 Å². The second-order valence-corrected chi connectivity index (χ2v) is 5.92. The number of carbonyl (C=O) groups excluding carboxylic acids is 2. The lowest BCUT2D eigenvalue weighted by Crippen LogP contribution is -2.54. The Balaban J connectivity index is 4.87.